The minimum absolute atomic E-state index is 0. The molecule has 0 aromatic carbocycles. The Morgan fingerprint density at radius 3 is 2.78 bits per heavy atom. The summed E-state index contributed by atoms with van der Waals surface area (Å²) in [5.74, 6) is 0.731. The molecule has 9 heteroatoms. The van der Waals surface area contributed by atoms with Gasteiger partial charge in [-0.2, -0.15) is 0 Å². The monoisotopic (exact) mass is 512 g/mol. The number of fused-ring (bicyclic) bond motifs is 1. The number of aryl methyl sites for hydroxylation is 1. The first-order valence-electron chi connectivity index (χ1n) is 12.8. The average molecular weight is 513 g/mol. The molecule has 1 saturated carbocycles. The number of piperidine rings is 1. The van der Waals surface area contributed by atoms with E-state index >= 15 is 4.39 Å². The van der Waals surface area contributed by atoms with Gasteiger partial charge in [0.2, 0.25) is 0 Å². The fourth-order valence-electron chi connectivity index (χ4n) is 5.55. The zero-order valence-corrected chi connectivity index (χ0v) is 22.2. The molecular weight excluding hydrogens is 475 g/mol. The third-order valence-electron chi connectivity index (χ3n) is 7.78. The molecule has 1 aliphatic carbocycles. The number of aromatic amines is 1. The number of nitrogens with zero attached hydrogens (tertiary/aromatic N) is 4. The number of nitrogens with two attached hydrogens (primary N) is 1. The van der Waals surface area contributed by atoms with Crippen molar-refractivity contribution in [3.8, 4) is 11.3 Å². The van der Waals surface area contributed by atoms with Crippen LogP contribution in [0.3, 0.4) is 0 Å². The molecule has 1 amide bonds. The van der Waals surface area contributed by atoms with E-state index in [1.54, 1.807) is 18.1 Å². The summed E-state index contributed by atoms with van der Waals surface area (Å²) in [5, 5.41) is 0. The molecule has 2 aliphatic rings. The highest BCUT2D eigenvalue weighted by atomic mass is 32.1. The molecule has 2 fully saturated rings. The Morgan fingerprint density at radius 2 is 2.17 bits per heavy atom. The van der Waals surface area contributed by atoms with Crippen LogP contribution >= 0.6 is 11.3 Å². The quantitative estimate of drug-likeness (QED) is 0.331. The summed E-state index contributed by atoms with van der Waals surface area (Å²) < 4.78 is 16.2. The summed E-state index contributed by atoms with van der Waals surface area (Å²) >= 11 is 1.49. The first kappa shape index (κ1) is 24.9. The van der Waals surface area contributed by atoms with Gasteiger partial charge in [0.15, 0.2) is 5.82 Å². The maximum Gasteiger partial charge on any atom is 0.264 e. The summed E-state index contributed by atoms with van der Waals surface area (Å²) in [5.41, 5.74) is 10.4. The molecule has 0 bridgehead atoms. The Kier molecular flexibility index (Phi) is 6.87. The number of aromatic nitrogens is 2. The van der Waals surface area contributed by atoms with E-state index in [2.05, 4.69) is 33.7 Å². The molecule has 7 nitrogen and oxygen atoms in total. The van der Waals surface area contributed by atoms with Crippen LogP contribution in [0.4, 0.5) is 10.2 Å². The van der Waals surface area contributed by atoms with E-state index in [-0.39, 0.29) is 19.3 Å². The minimum Gasteiger partial charge on any atom is -0.390 e. The van der Waals surface area contributed by atoms with Gasteiger partial charge in [0.1, 0.15) is 6.17 Å². The highest BCUT2D eigenvalue weighted by Gasteiger charge is 2.38. The van der Waals surface area contributed by atoms with Gasteiger partial charge in [-0.15, -0.1) is 11.3 Å². The lowest BCUT2D eigenvalue weighted by molar-refractivity contribution is 0.00977. The van der Waals surface area contributed by atoms with Gasteiger partial charge in [0.05, 0.1) is 33.2 Å². The first-order valence-corrected chi connectivity index (χ1v) is 13.6. The molecule has 0 spiro atoms. The van der Waals surface area contributed by atoms with Gasteiger partial charge in [-0.3, -0.25) is 9.69 Å². The van der Waals surface area contributed by atoms with Gasteiger partial charge >= 0.3 is 0 Å². The smallest absolute Gasteiger partial charge is 0.264 e. The van der Waals surface area contributed by atoms with E-state index in [9.17, 15) is 4.79 Å². The van der Waals surface area contributed by atoms with E-state index in [4.69, 9.17) is 5.73 Å². The second-order valence-electron chi connectivity index (χ2n) is 10.4. The van der Waals surface area contributed by atoms with Crippen LogP contribution in [0.25, 0.3) is 21.5 Å². The summed E-state index contributed by atoms with van der Waals surface area (Å²) in [4.78, 5) is 30.1. The maximum atomic E-state index is 15.1. The van der Waals surface area contributed by atoms with E-state index in [0.29, 0.717) is 29.7 Å². The SMILES string of the molecule is Cc1cc(-c2[nH]c3cc(C(=O)N(C)[C@@H]4CCN(C5CCC5)C[C@@H]4F)sc3c2C(C)C)cnc1N=CN.[HH]. The standard InChI is InChI=1S/C27H35FN6OS.H2/c1-15(2)23-24(17-10-16(3)26(30-12-17)31-14-29)32-20-11-22(36-25(20)23)27(35)33(4)21-8-9-34(13-19(21)28)18-6-5-7-18;/h10-12,14-15,18-19,21,32H,5-9,13H2,1-4H3,(H2,29,30,31);1H/t19-,21+;/m0./s1. The van der Waals surface area contributed by atoms with Crippen LogP contribution in [-0.2, 0) is 0 Å². The Bertz CT molecular complexity index is 1300. The summed E-state index contributed by atoms with van der Waals surface area (Å²) in [6, 6.07) is 4.13. The predicted molar refractivity (Wildman–Crippen MR) is 147 cm³/mol. The lowest BCUT2D eigenvalue weighted by Crippen LogP contribution is -2.56. The number of nitrogens with one attached hydrogen (secondary N) is 1. The molecule has 0 unspecified atom stereocenters. The van der Waals surface area contributed by atoms with E-state index in [0.717, 1.165) is 39.1 Å². The van der Waals surface area contributed by atoms with Crippen molar-refractivity contribution in [1.29, 1.82) is 0 Å². The second kappa shape index (κ2) is 9.94. The number of carbonyl (C=O) groups is 1. The number of rotatable bonds is 6. The number of hydrogen-bond donors (Lipinski definition) is 2. The minimum atomic E-state index is -1.02. The topological polar surface area (TPSA) is 90.6 Å². The van der Waals surface area contributed by atoms with Crippen molar-refractivity contribution in [3.63, 3.8) is 0 Å². The fraction of sp³-hybridized carbons (Fsp3) is 0.519. The third kappa shape index (κ3) is 4.43. The number of hydrogen-bond acceptors (Lipinski definition) is 5. The van der Waals surface area contributed by atoms with Crippen LogP contribution in [-0.4, -0.2) is 70.4 Å². The van der Waals surface area contributed by atoms with Crippen molar-refractivity contribution in [2.24, 2.45) is 10.7 Å². The molecule has 194 valence electrons. The van der Waals surface area contributed by atoms with Crippen molar-refractivity contribution >= 4 is 39.6 Å². The fourth-order valence-corrected chi connectivity index (χ4v) is 6.85. The van der Waals surface area contributed by atoms with Crippen LogP contribution in [0, 0.1) is 6.92 Å². The normalized spacial score (nSPS) is 21.5. The molecule has 36 heavy (non-hydrogen) atoms. The Balaban J connectivity index is 0.00000320. The predicted octanol–water partition coefficient (Wildman–Crippen LogP) is 5.62. The second-order valence-corrected chi connectivity index (χ2v) is 11.5. The molecule has 1 saturated heterocycles. The van der Waals surface area contributed by atoms with Crippen LogP contribution in [0.15, 0.2) is 23.3 Å². The molecule has 3 N–H and O–H groups in total. The number of alkyl halides is 1. The zero-order valence-electron chi connectivity index (χ0n) is 21.4. The number of aliphatic imine (C=N–C) groups is 1. The van der Waals surface area contributed by atoms with Crippen molar-refractivity contribution < 1.29 is 10.6 Å². The van der Waals surface area contributed by atoms with E-state index in [1.165, 1.54) is 36.9 Å². The number of pyridine rings is 1. The van der Waals surface area contributed by atoms with Gasteiger partial charge in [0, 0.05) is 39.4 Å². The molecule has 2 atom stereocenters. The Morgan fingerprint density at radius 1 is 1.39 bits per heavy atom. The lowest BCUT2D eigenvalue weighted by Gasteiger charge is -2.45. The van der Waals surface area contributed by atoms with Crippen LogP contribution in [0.5, 0.6) is 0 Å². The highest BCUT2D eigenvalue weighted by Crippen LogP contribution is 2.41. The van der Waals surface area contributed by atoms with Gasteiger partial charge in [-0.1, -0.05) is 20.3 Å². The Labute approximate surface area is 217 Å². The molecule has 1 aliphatic heterocycles. The van der Waals surface area contributed by atoms with Crippen molar-refractivity contribution in [3.05, 3.63) is 34.3 Å². The summed E-state index contributed by atoms with van der Waals surface area (Å²) in [7, 11) is 1.75. The average Bonchev–Trinajstić information content (AvgIpc) is 3.36. The molecule has 0 radical (unpaired) electrons. The summed E-state index contributed by atoms with van der Waals surface area (Å²) in [6.07, 6.45) is 6.31. The molecule has 5 rings (SSSR count). The molecule has 3 aromatic heterocycles. The van der Waals surface area contributed by atoms with Gasteiger partial charge in [-0.05, 0) is 55.4 Å². The van der Waals surface area contributed by atoms with Gasteiger partial charge < -0.3 is 15.6 Å². The van der Waals surface area contributed by atoms with Crippen LogP contribution in [0.1, 0.15) is 67.7 Å². The highest BCUT2D eigenvalue weighted by molar-refractivity contribution is 7.21. The number of thiophene rings is 1. The van der Waals surface area contributed by atoms with Gasteiger partial charge in [0.25, 0.3) is 5.91 Å². The van der Waals surface area contributed by atoms with Crippen molar-refractivity contribution in [1.82, 2.24) is 19.8 Å². The third-order valence-corrected chi connectivity index (χ3v) is 8.93. The zero-order chi connectivity index (χ0) is 25.6. The first-order chi connectivity index (χ1) is 17.3. The summed E-state index contributed by atoms with van der Waals surface area (Å²) in [6.45, 7) is 7.55. The number of amides is 1. The molecule has 4 heterocycles. The number of likely N-dealkylation sites (tertiary alicyclic amines) is 1. The number of carbonyl (C=O) groups excluding carboxylic acids is 1. The lowest BCUT2D eigenvalue weighted by atomic mass is 9.89. The largest absolute Gasteiger partial charge is 0.390 e. The maximum absolute atomic E-state index is 15.1. The van der Waals surface area contributed by atoms with Gasteiger partial charge in [-0.25, -0.2) is 14.4 Å². The van der Waals surface area contributed by atoms with Crippen molar-refractivity contribution in [2.75, 3.05) is 20.1 Å². The number of halogens is 1. The van der Waals surface area contributed by atoms with Crippen LogP contribution in [0.2, 0.25) is 0 Å². The molecular formula is C27H37FN6OS. The van der Waals surface area contributed by atoms with Crippen molar-refractivity contribution in [2.45, 2.75) is 70.6 Å². The molecule has 3 aromatic rings. The van der Waals surface area contributed by atoms with E-state index < -0.39 is 6.17 Å². The number of H-pyrrole nitrogens is 1. The Hall–Kier alpha value is -2.78. The van der Waals surface area contributed by atoms with Crippen LogP contribution < -0.4 is 5.73 Å². The van der Waals surface area contributed by atoms with E-state index in [1.807, 2.05) is 19.1 Å².